The SMILES string of the molecule is CC(P(=O)(O)O)P(=O)(O)O.CCN(O)CC.O=S(=O)(O)O. The molecule has 7 N–H and O–H groups in total. The fourth-order valence-electron chi connectivity index (χ4n) is 0.420. The van der Waals surface area contributed by atoms with Gasteiger partial charge in [0.05, 0.1) is 0 Å². The number of nitrogens with zero attached hydrogens (tertiary/aromatic N) is 1. The molecule has 15 heteroatoms. The molecule has 0 aromatic rings. The summed E-state index contributed by atoms with van der Waals surface area (Å²) < 4.78 is 51.9. The van der Waals surface area contributed by atoms with Crippen LogP contribution >= 0.6 is 15.2 Å². The minimum absolute atomic E-state index is 0.719. The Hall–Kier alpha value is 0.0900. The molecule has 0 saturated carbocycles. The van der Waals surface area contributed by atoms with Crippen molar-refractivity contribution in [3.05, 3.63) is 0 Å². The maximum absolute atomic E-state index is 10.2. The summed E-state index contributed by atoms with van der Waals surface area (Å²) in [6.45, 7) is 6.06. The molecule has 21 heavy (non-hydrogen) atoms. The highest BCUT2D eigenvalue weighted by molar-refractivity contribution is 7.79. The summed E-state index contributed by atoms with van der Waals surface area (Å²) in [6.07, 6.45) is 0. The summed E-state index contributed by atoms with van der Waals surface area (Å²) in [5.41, 5.74) is 0. The van der Waals surface area contributed by atoms with Gasteiger partial charge in [-0.25, -0.2) is 0 Å². The van der Waals surface area contributed by atoms with Crippen molar-refractivity contribution in [2.75, 3.05) is 13.1 Å². The second-order valence-electron chi connectivity index (χ2n) is 3.40. The standard InChI is InChI=1S/C4H11NO.C2H8O6P2.H2O4S/c1-3-5(6)4-2;1-2(9(3,4)5)10(6,7)8;1-5(2,3)4/h6H,3-4H2,1-2H3;2H,1H3,(H2,3,4,5)(H2,6,7,8);(H2,1,2,3,4). The lowest BCUT2D eigenvalue weighted by atomic mass is 10.6. The Kier molecular flexibility index (Phi) is 13.3. The van der Waals surface area contributed by atoms with Crippen LogP contribution in [0.3, 0.4) is 0 Å². The minimum atomic E-state index is -4.67. The Morgan fingerprint density at radius 2 is 1.14 bits per heavy atom. The highest BCUT2D eigenvalue weighted by Gasteiger charge is 2.38. The van der Waals surface area contributed by atoms with Gasteiger partial charge in [0.25, 0.3) is 0 Å². The van der Waals surface area contributed by atoms with Crippen LogP contribution in [0.5, 0.6) is 0 Å². The fourth-order valence-corrected chi connectivity index (χ4v) is 1.99. The van der Waals surface area contributed by atoms with Crippen LogP contribution in [-0.4, -0.2) is 65.9 Å². The second-order valence-corrected chi connectivity index (χ2v) is 8.61. The van der Waals surface area contributed by atoms with E-state index in [0.29, 0.717) is 0 Å². The van der Waals surface area contributed by atoms with Crippen molar-refractivity contribution in [2.45, 2.75) is 26.2 Å². The lowest BCUT2D eigenvalue weighted by Crippen LogP contribution is -2.16. The van der Waals surface area contributed by atoms with Gasteiger partial charge < -0.3 is 24.8 Å². The topological polar surface area (TPSA) is 213 Å². The summed E-state index contributed by atoms with van der Waals surface area (Å²) in [6, 6.07) is 0. The zero-order valence-electron chi connectivity index (χ0n) is 11.5. The van der Waals surface area contributed by atoms with Crippen LogP contribution in [0.4, 0.5) is 0 Å². The van der Waals surface area contributed by atoms with Crippen molar-refractivity contribution in [2.24, 2.45) is 0 Å². The quantitative estimate of drug-likeness (QED) is 0.192. The zero-order chi connectivity index (χ0) is 18.1. The van der Waals surface area contributed by atoms with Gasteiger partial charge in [-0.3, -0.25) is 18.2 Å². The molecule has 0 fully saturated rings. The normalized spacial score (nSPS) is 12.4. The molecule has 0 amide bonds. The summed E-state index contributed by atoms with van der Waals surface area (Å²) in [4.78, 5) is 33.0. The van der Waals surface area contributed by atoms with Crippen LogP contribution < -0.4 is 0 Å². The molecule has 0 aromatic heterocycles. The van der Waals surface area contributed by atoms with Crippen LogP contribution in [-0.2, 0) is 19.5 Å². The van der Waals surface area contributed by atoms with E-state index in [4.69, 9.17) is 42.3 Å². The van der Waals surface area contributed by atoms with Crippen molar-refractivity contribution in [3.63, 3.8) is 0 Å². The van der Waals surface area contributed by atoms with Crippen molar-refractivity contribution < 1.29 is 51.4 Å². The average molecular weight is 377 g/mol. The molecule has 0 bridgehead atoms. The number of hydrogen-bond acceptors (Lipinski definition) is 6. The largest absolute Gasteiger partial charge is 0.394 e. The van der Waals surface area contributed by atoms with Gasteiger partial charge in [0, 0.05) is 13.1 Å². The van der Waals surface area contributed by atoms with Crippen molar-refractivity contribution >= 4 is 25.6 Å². The lowest BCUT2D eigenvalue weighted by Gasteiger charge is -2.13. The van der Waals surface area contributed by atoms with Crippen molar-refractivity contribution in [1.29, 1.82) is 0 Å². The minimum Gasteiger partial charge on any atom is -0.324 e. The van der Waals surface area contributed by atoms with E-state index in [1.807, 2.05) is 13.8 Å². The number of hydrogen-bond donors (Lipinski definition) is 7. The van der Waals surface area contributed by atoms with Gasteiger partial charge in [0.15, 0.2) is 5.40 Å². The van der Waals surface area contributed by atoms with Crippen molar-refractivity contribution in [1.82, 2.24) is 5.06 Å². The summed E-state index contributed by atoms with van der Waals surface area (Å²) in [5, 5.41) is 7.85. The second kappa shape index (κ2) is 10.8. The van der Waals surface area contributed by atoms with E-state index >= 15 is 0 Å². The molecule has 0 atom stereocenters. The molecular formula is C6H21NO11P2S. The zero-order valence-corrected chi connectivity index (χ0v) is 14.1. The molecule has 0 radical (unpaired) electrons. The van der Waals surface area contributed by atoms with Crippen LogP contribution in [0.2, 0.25) is 0 Å². The lowest BCUT2D eigenvalue weighted by molar-refractivity contribution is -0.0813. The molecule has 0 saturated heterocycles. The average Bonchev–Trinajstić information content (AvgIpc) is 2.23. The summed E-state index contributed by atoms with van der Waals surface area (Å²) >= 11 is 0. The van der Waals surface area contributed by atoms with Gasteiger partial charge in [0.1, 0.15) is 0 Å². The number of hydroxylamine groups is 2. The first-order valence-corrected chi connectivity index (χ1v) is 9.96. The van der Waals surface area contributed by atoms with Crippen LogP contribution in [0.15, 0.2) is 0 Å². The fraction of sp³-hybridized carbons (Fsp3) is 1.00. The van der Waals surface area contributed by atoms with Gasteiger partial charge in [0.2, 0.25) is 0 Å². The van der Waals surface area contributed by atoms with Gasteiger partial charge in [-0.05, 0) is 6.92 Å². The van der Waals surface area contributed by atoms with Crippen LogP contribution in [0.25, 0.3) is 0 Å². The molecule has 0 spiro atoms. The molecular weight excluding hydrogens is 356 g/mol. The van der Waals surface area contributed by atoms with E-state index < -0.39 is 31.0 Å². The van der Waals surface area contributed by atoms with Crippen LogP contribution in [0, 0.1) is 0 Å². The molecule has 0 heterocycles. The first kappa shape index (κ1) is 26.0. The molecule has 0 aromatic carbocycles. The Morgan fingerprint density at radius 1 is 0.952 bits per heavy atom. The Balaban J connectivity index is -0.000000252. The third kappa shape index (κ3) is 25.4. The van der Waals surface area contributed by atoms with Gasteiger partial charge in [-0.15, -0.1) is 0 Å². The predicted molar refractivity (Wildman–Crippen MR) is 72.4 cm³/mol. The third-order valence-corrected chi connectivity index (χ3v) is 5.46. The smallest absolute Gasteiger partial charge is 0.324 e. The summed E-state index contributed by atoms with van der Waals surface area (Å²) in [7, 11) is -13.9. The van der Waals surface area contributed by atoms with E-state index in [9.17, 15) is 9.13 Å². The molecule has 0 rings (SSSR count). The Bertz CT molecular complexity index is 419. The first-order chi connectivity index (χ1) is 8.96. The van der Waals surface area contributed by atoms with E-state index in [2.05, 4.69) is 0 Å². The molecule has 0 aliphatic carbocycles. The van der Waals surface area contributed by atoms with E-state index in [1.165, 1.54) is 5.06 Å². The van der Waals surface area contributed by atoms with E-state index in [1.54, 1.807) is 0 Å². The summed E-state index contributed by atoms with van der Waals surface area (Å²) in [5.74, 6) is 0. The number of rotatable bonds is 4. The van der Waals surface area contributed by atoms with Crippen LogP contribution in [0.1, 0.15) is 20.8 Å². The maximum atomic E-state index is 10.2. The molecule has 132 valence electrons. The molecule has 0 unspecified atom stereocenters. The van der Waals surface area contributed by atoms with E-state index in [0.717, 1.165) is 20.0 Å². The maximum Gasteiger partial charge on any atom is 0.394 e. The molecule has 12 nitrogen and oxygen atoms in total. The highest BCUT2D eigenvalue weighted by Crippen LogP contribution is 2.59. The van der Waals surface area contributed by atoms with Gasteiger partial charge >= 0.3 is 25.6 Å². The van der Waals surface area contributed by atoms with Gasteiger partial charge in [-0.2, -0.15) is 13.5 Å². The van der Waals surface area contributed by atoms with Crippen molar-refractivity contribution in [3.8, 4) is 0 Å². The highest BCUT2D eigenvalue weighted by atomic mass is 32.3. The molecule has 0 aliphatic rings. The third-order valence-electron chi connectivity index (χ3n) is 1.70. The Labute approximate surface area is 122 Å². The Morgan fingerprint density at radius 3 is 1.14 bits per heavy atom. The van der Waals surface area contributed by atoms with E-state index in [-0.39, 0.29) is 0 Å². The first-order valence-electron chi connectivity index (χ1n) is 5.20. The van der Waals surface area contributed by atoms with Gasteiger partial charge in [-0.1, -0.05) is 13.8 Å². The predicted octanol–water partition coefficient (Wildman–Crippen LogP) is -0.248. The monoisotopic (exact) mass is 377 g/mol. The molecule has 0 aliphatic heterocycles.